The van der Waals surface area contributed by atoms with Gasteiger partial charge in [0.15, 0.2) is 0 Å². The molecule has 7 rings (SSSR count). The molecule has 4 aromatic carbocycles. The second-order valence-corrected chi connectivity index (χ2v) is 21.0. The van der Waals surface area contributed by atoms with E-state index in [0.29, 0.717) is 5.75 Å². The van der Waals surface area contributed by atoms with Crippen LogP contribution in [0.25, 0.3) is 0 Å². The predicted octanol–water partition coefficient (Wildman–Crippen LogP) is 12.9. The Morgan fingerprint density at radius 2 is 0.848 bits per heavy atom. The van der Waals surface area contributed by atoms with Crippen molar-refractivity contribution in [2.24, 2.45) is 0 Å². The van der Waals surface area contributed by atoms with Gasteiger partial charge < -0.3 is 24.6 Å². The normalized spacial score (nSPS) is 18.5. The van der Waals surface area contributed by atoms with Gasteiger partial charge in [-0.15, -0.1) is 0 Å². The fourth-order valence-electron chi connectivity index (χ4n) is 10.7. The van der Waals surface area contributed by atoms with Crippen LogP contribution in [0.4, 0.5) is 0 Å². The van der Waals surface area contributed by atoms with Crippen molar-refractivity contribution in [2.45, 2.75) is 206 Å². The van der Waals surface area contributed by atoms with E-state index in [2.05, 4.69) is 167 Å². The maximum Gasteiger partial charge on any atom is 0.495 e. The van der Waals surface area contributed by atoms with Crippen molar-refractivity contribution in [3.8, 4) is 29.4 Å². The minimum Gasteiger partial charge on any atom is -0.508 e. The van der Waals surface area contributed by atoms with E-state index in [1.54, 1.807) is 0 Å². The smallest absolute Gasteiger partial charge is 0.495 e. The summed E-state index contributed by atoms with van der Waals surface area (Å²) in [5, 5.41) is 31.5. The Bertz CT molecular complexity index is 2440. The molecule has 66 heavy (non-hydrogen) atoms. The second-order valence-electron chi connectivity index (χ2n) is 21.0. The Kier molecular flexibility index (Phi) is 15.9. The third kappa shape index (κ3) is 10.7. The summed E-state index contributed by atoms with van der Waals surface area (Å²) in [4.78, 5) is 0. The van der Waals surface area contributed by atoms with E-state index in [-0.39, 0.29) is 29.2 Å². The molecule has 0 unspecified atom stereocenters. The fourth-order valence-corrected chi connectivity index (χ4v) is 10.7. The number of phenolic OH excluding ortho intramolecular Hbond substituents is 1. The molecule has 0 aromatic heterocycles. The average Bonchev–Trinajstić information content (AvgIpc) is 3.51. The number of hydrogen-bond acceptors (Lipinski definition) is 5. The van der Waals surface area contributed by atoms with Gasteiger partial charge in [0.1, 0.15) is 17.0 Å². The molecule has 1 heterocycles. The molecule has 0 amide bonds. The minimum absolute atomic E-state index is 0.0858. The molecule has 2 saturated carbocycles. The first-order valence-electron chi connectivity index (χ1n) is 25.2. The third-order valence-electron chi connectivity index (χ3n) is 16.3. The highest BCUT2D eigenvalue weighted by Crippen LogP contribution is 2.43. The Morgan fingerprint density at radius 1 is 0.500 bits per heavy atom. The molecule has 1 aliphatic heterocycles. The largest absolute Gasteiger partial charge is 0.508 e. The lowest BCUT2D eigenvalue weighted by molar-refractivity contribution is 0.00578. The van der Waals surface area contributed by atoms with Crippen molar-refractivity contribution in [1.29, 1.82) is 0 Å². The zero-order valence-electron chi connectivity index (χ0n) is 42.6. The molecule has 4 aromatic rings. The van der Waals surface area contributed by atoms with E-state index >= 15 is 0 Å². The number of phenols is 1. The van der Waals surface area contributed by atoms with Crippen LogP contribution in [0.3, 0.4) is 0 Å². The van der Waals surface area contributed by atoms with Crippen LogP contribution in [0.5, 0.6) is 5.75 Å². The fraction of sp³-hybridized carbons (Fsp3) is 0.533. The summed E-state index contributed by atoms with van der Waals surface area (Å²) in [5.74, 6) is 13.3. The maximum atomic E-state index is 10.8. The molecular formula is C60H79BO5. The predicted molar refractivity (Wildman–Crippen MR) is 275 cm³/mol. The van der Waals surface area contributed by atoms with Gasteiger partial charge in [0.05, 0.1) is 11.2 Å². The maximum absolute atomic E-state index is 10.8. The average molecular weight is 891 g/mol. The molecule has 6 heteroatoms. The van der Waals surface area contributed by atoms with Crippen molar-refractivity contribution >= 4 is 12.6 Å². The van der Waals surface area contributed by atoms with Crippen molar-refractivity contribution in [2.75, 3.05) is 0 Å². The number of aromatic hydroxyl groups is 1. The highest BCUT2D eigenvalue weighted by Gasteiger charge is 2.52. The van der Waals surface area contributed by atoms with Crippen LogP contribution in [-0.2, 0) is 20.1 Å². The minimum atomic E-state index is -0.823. The van der Waals surface area contributed by atoms with Crippen LogP contribution in [0.2, 0.25) is 0 Å². The van der Waals surface area contributed by atoms with Crippen molar-refractivity contribution in [3.05, 3.63) is 128 Å². The van der Waals surface area contributed by atoms with Crippen LogP contribution in [0.15, 0.2) is 72.8 Å². The van der Waals surface area contributed by atoms with E-state index < -0.39 is 11.2 Å². The molecule has 5 nitrogen and oxygen atoms in total. The summed E-state index contributed by atoms with van der Waals surface area (Å²) in [5.41, 5.74) is 10.2. The van der Waals surface area contributed by atoms with E-state index in [1.807, 2.05) is 13.0 Å². The molecule has 0 bridgehead atoms. The first kappa shape index (κ1) is 51.1. The number of aliphatic hydroxyl groups is 2. The van der Waals surface area contributed by atoms with Gasteiger partial charge in [0.25, 0.3) is 0 Å². The summed E-state index contributed by atoms with van der Waals surface area (Å²) in [6.07, 6.45) is 13.8. The topological polar surface area (TPSA) is 79.2 Å². The van der Waals surface area contributed by atoms with E-state index in [1.165, 1.54) is 46.2 Å². The van der Waals surface area contributed by atoms with Crippen LogP contribution in [0.1, 0.15) is 201 Å². The van der Waals surface area contributed by atoms with Crippen LogP contribution < -0.4 is 5.46 Å². The molecule has 3 N–H and O–H groups in total. The van der Waals surface area contributed by atoms with E-state index in [4.69, 9.17) is 9.31 Å². The molecule has 3 fully saturated rings. The van der Waals surface area contributed by atoms with Gasteiger partial charge in [-0.25, -0.2) is 0 Å². The summed E-state index contributed by atoms with van der Waals surface area (Å²) >= 11 is 0. The number of hydrogen-bond donors (Lipinski definition) is 3. The molecule has 352 valence electrons. The monoisotopic (exact) mass is 891 g/mol. The summed E-state index contributed by atoms with van der Waals surface area (Å²) in [6.45, 7) is 25.8. The lowest BCUT2D eigenvalue weighted by atomic mass is 9.68. The zero-order chi connectivity index (χ0) is 48.1. The Balaban J connectivity index is 0.000000225. The Hall–Kier alpha value is -4.30. The molecule has 2 aliphatic carbocycles. The van der Waals surface area contributed by atoms with Gasteiger partial charge in [-0.3, -0.25) is 0 Å². The number of aryl methyl sites for hydroxylation is 4. The highest BCUT2D eigenvalue weighted by molar-refractivity contribution is 6.62. The molecular weight excluding hydrogens is 811 g/mol. The summed E-state index contributed by atoms with van der Waals surface area (Å²) in [7, 11) is -0.351. The molecule has 0 atom stereocenters. The van der Waals surface area contributed by atoms with Gasteiger partial charge in [0.2, 0.25) is 0 Å². The van der Waals surface area contributed by atoms with Crippen LogP contribution >= 0.6 is 0 Å². The second kappa shape index (κ2) is 20.5. The van der Waals surface area contributed by atoms with Crippen molar-refractivity contribution in [1.82, 2.24) is 0 Å². The first-order chi connectivity index (χ1) is 31.2. The zero-order valence-corrected chi connectivity index (χ0v) is 42.6. The first-order valence-corrected chi connectivity index (χ1v) is 25.2. The molecule has 1 saturated heterocycles. The van der Waals surface area contributed by atoms with Gasteiger partial charge in [-0.05, 0) is 195 Å². The van der Waals surface area contributed by atoms with Gasteiger partial charge in [-0.1, -0.05) is 124 Å². The standard InChI is InChI=1S/C33H45BO3.C27H34O2/c1-9-33(10-2,27-15-14-26(24(3)22-27)18-21-32(35)19-12-11-13-20-32)28-16-17-29(25(4)23-28)34-36-30(5,6)31(7,8)37-34;1-5-27(6-2,24-12-13-25(28)21(4)19-24)23-11-10-22(20(3)18-23)14-17-26(29)15-8-7-9-16-26/h14-17,22-23,35H,9-13,19-20H2,1-8H3;10-13,18-19,28-29H,5-9,15-16H2,1-4H3. The Morgan fingerprint density at radius 3 is 1.20 bits per heavy atom. The molecule has 0 radical (unpaired) electrons. The van der Waals surface area contributed by atoms with E-state index in [9.17, 15) is 15.3 Å². The molecule has 0 spiro atoms. The highest BCUT2D eigenvalue weighted by atomic mass is 16.7. The third-order valence-corrected chi connectivity index (χ3v) is 16.3. The van der Waals surface area contributed by atoms with Crippen molar-refractivity contribution < 1.29 is 24.6 Å². The van der Waals surface area contributed by atoms with Crippen LogP contribution in [0, 0.1) is 51.4 Å². The summed E-state index contributed by atoms with van der Waals surface area (Å²) < 4.78 is 12.7. The molecule has 3 aliphatic rings. The quantitative estimate of drug-likeness (QED) is 0.115. The number of rotatable bonds is 9. The SMILES string of the molecule is CCC(CC)(c1ccc(C#CC2(O)CCCCC2)c(C)c1)c1ccc(B2OC(C)(C)C(C)(C)O2)c(C)c1.CCC(CC)(c1ccc(O)c(C)c1)c1ccc(C#CC2(O)CCCCC2)c(C)c1. The van der Waals surface area contributed by atoms with Gasteiger partial charge in [0, 0.05) is 22.0 Å². The lowest BCUT2D eigenvalue weighted by Gasteiger charge is -2.34. The lowest BCUT2D eigenvalue weighted by Crippen LogP contribution is -2.41. The van der Waals surface area contributed by atoms with Gasteiger partial charge >= 0.3 is 7.12 Å². The van der Waals surface area contributed by atoms with Crippen LogP contribution in [-0.4, -0.2) is 44.8 Å². The van der Waals surface area contributed by atoms with Crippen molar-refractivity contribution in [3.63, 3.8) is 0 Å². The number of benzene rings is 4. The summed E-state index contributed by atoms with van der Waals surface area (Å²) in [6, 6.07) is 26.0. The van der Waals surface area contributed by atoms with E-state index in [0.717, 1.165) is 105 Å². The Labute approximate surface area is 399 Å². The van der Waals surface area contributed by atoms with Gasteiger partial charge in [-0.2, -0.15) is 0 Å².